The van der Waals surface area contributed by atoms with Crippen LogP contribution in [0.2, 0.25) is 0 Å². The molecule has 14 heavy (non-hydrogen) atoms. The fourth-order valence-corrected chi connectivity index (χ4v) is 2.08. The number of hydrogen-bond donors (Lipinski definition) is 0. The zero-order chi connectivity index (χ0) is 9.97. The molecule has 1 aliphatic rings. The molecule has 76 valence electrons. The highest BCUT2D eigenvalue weighted by Gasteiger charge is 2.25. The number of carbonyl (C=O) groups excluding carboxylic acids is 1. The van der Waals surface area contributed by atoms with Crippen LogP contribution < -0.4 is 0 Å². The van der Waals surface area contributed by atoms with Gasteiger partial charge in [0.05, 0.1) is 6.04 Å². The molecule has 1 aromatic heterocycles. The van der Waals surface area contributed by atoms with Crippen LogP contribution in [0.15, 0.2) is 6.33 Å². The highest BCUT2D eigenvalue weighted by Crippen LogP contribution is 2.31. The van der Waals surface area contributed by atoms with Crippen LogP contribution in [0.1, 0.15) is 38.6 Å². The van der Waals surface area contributed by atoms with Crippen LogP contribution in [0, 0.1) is 5.92 Å². The first-order chi connectivity index (χ1) is 6.77. The van der Waals surface area contributed by atoms with E-state index in [2.05, 4.69) is 15.5 Å². The third kappa shape index (κ3) is 1.81. The quantitative estimate of drug-likeness (QED) is 0.704. The number of carbonyl (C=O) groups is 1. The van der Waals surface area contributed by atoms with Crippen LogP contribution in [0.3, 0.4) is 0 Å². The zero-order valence-electron chi connectivity index (χ0n) is 8.26. The van der Waals surface area contributed by atoms with E-state index >= 15 is 0 Å². The van der Waals surface area contributed by atoms with Crippen molar-refractivity contribution < 1.29 is 4.79 Å². The summed E-state index contributed by atoms with van der Waals surface area (Å²) in [7, 11) is 0. The summed E-state index contributed by atoms with van der Waals surface area (Å²) in [6.45, 7) is 1.68. The Hall–Kier alpha value is -1.26. The summed E-state index contributed by atoms with van der Waals surface area (Å²) in [5.74, 6) is 0.586. The molecule has 5 heteroatoms. The van der Waals surface area contributed by atoms with E-state index in [-0.39, 0.29) is 5.92 Å². The molecular weight excluding hydrogens is 180 g/mol. The van der Waals surface area contributed by atoms with Crippen molar-refractivity contribution >= 4 is 5.78 Å². The Morgan fingerprint density at radius 2 is 2.07 bits per heavy atom. The largest absolute Gasteiger partial charge is 0.300 e. The Bertz CT molecular complexity index is 301. The van der Waals surface area contributed by atoms with Crippen LogP contribution in [-0.2, 0) is 4.79 Å². The highest BCUT2D eigenvalue weighted by atomic mass is 16.1. The van der Waals surface area contributed by atoms with Crippen LogP contribution in [-0.4, -0.2) is 26.0 Å². The first-order valence-corrected chi connectivity index (χ1v) is 5.00. The van der Waals surface area contributed by atoms with Gasteiger partial charge in [-0.3, -0.25) is 4.79 Å². The normalized spacial score (nSPS) is 27.5. The van der Waals surface area contributed by atoms with Gasteiger partial charge in [0.25, 0.3) is 0 Å². The van der Waals surface area contributed by atoms with Gasteiger partial charge in [0, 0.05) is 5.92 Å². The maximum absolute atomic E-state index is 11.1. The van der Waals surface area contributed by atoms with Crippen molar-refractivity contribution in [2.45, 2.75) is 38.6 Å². The summed E-state index contributed by atoms with van der Waals surface area (Å²) < 4.78 is 1.80. The van der Waals surface area contributed by atoms with Gasteiger partial charge in [0.1, 0.15) is 12.1 Å². The van der Waals surface area contributed by atoms with E-state index in [0.29, 0.717) is 11.8 Å². The Morgan fingerprint density at radius 1 is 1.36 bits per heavy atom. The van der Waals surface area contributed by atoms with E-state index in [0.717, 1.165) is 25.7 Å². The van der Waals surface area contributed by atoms with Crippen molar-refractivity contribution in [3.05, 3.63) is 6.33 Å². The number of aromatic nitrogens is 4. The van der Waals surface area contributed by atoms with E-state index in [4.69, 9.17) is 0 Å². The van der Waals surface area contributed by atoms with Crippen molar-refractivity contribution in [2.24, 2.45) is 5.92 Å². The molecule has 1 aliphatic carbocycles. The van der Waals surface area contributed by atoms with Crippen LogP contribution in [0.4, 0.5) is 0 Å². The molecule has 0 unspecified atom stereocenters. The lowest BCUT2D eigenvalue weighted by atomic mass is 9.84. The van der Waals surface area contributed by atoms with Crippen molar-refractivity contribution in [1.82, 2.24) is 20.2 Å². The zero-order valence-corrected chi connectivity index (χ0v) is 8.26. The molecule has 1 fully saturated rings. The van der Waals surface area contributed by atoms with Gasteiger partial charge < -0.3 is 0 Å². The molecule has 0 amide bonds. The fourth-order valence-electron chi connectivity index (χ4n) is 2.08. The lowest BCUT2D eigenvalue weighted by Crippen LogP contribution is -2.22. The number of rotatable bonds is 2. The maximum Gasteiger partial charge on any atom is 0.138 e. The Balaban J connectivity index is 1.93. The Labute approximate surface area is 82.5 Å². The SMILES string of the molecule is CC(=O)[C@H]1CC[C@H](n2cnnn2)CC1. The van der Waals surface area contributed by atoms with Gasteiger partial charge >= 0.3 is 0 Å². The van der Waals surface area contributed by atoms with E-state index < -0.39 is 0 Å². The summed E-state index contributed by atoms with van der Waals surface area (Å²) in [5.41, 5.74) is 0. The Kier molecular flexibility index (Phi) is 2.56. The third-order valence-electron chi connectivity index (χ3n) is 3.01. The number of tetrazole rings is 1. The molecule has 0 atom stereocenters. The van der Waals surface area contributed by atoms with E-state index in [1.54, 1.807) is 17.9 Å². The van der Waals surface area contributed by atoms with E-state index in [1.807, 2.05) is 0 Å². The lowest BCUT2D eigenvalue weighted by molar-refractivity contribution is -0.121. The summed E-state index contributed by atoms with van der Waals surface area (Å²) in [5, 5.41) is 11.1. The summed E-state index contributed by atoms with van der Waals surface area (Å²) in [6.07, 6.45) is 5.61. The van der Waals surface area contributed by atoms with Crippen LogP contribution in [0.25, 0.3) is 0 Å². The first kappa shape index (κ1) is 9.30. The molecule has 0 bridgehead atoms. The van der Waals surface area contributed by atoms with Crippen molar-refractivity contribution in [1.29, 1.82) is 0 Å². The van der Waals surface area contributed by atoms with Gasteiger partial charge in [-0.05, 0) is 43.0 Å². The minimum absolute atomic E-state index is 0.266. The summed E-state index contributed by atoms with van der Waals surface area (Å²) in [4.78, 5) is 11.1. The molecule has 1 saturated carbocycles. The van der Waals surface area contributed by atoms with Crippen LogP contribution >= 0.6 is 0 Å². The van der Waals surface area contributed by atoms with Crippen molar-refractivity contribution in [3.63, 3.8) is 0 Å². The van der Waals surface area contributed by atoms with Gasteiger partial charge in [0.15, 0.2) is 0 Å². The second-order valence-corrected chi connectivity index (χ2v) is 3.91. The highest BCUT2D eigenvalue weighted by molar-refractivity contribution is 5.78. The summed E-state index contributed by atoms with van der Waals surface area (Å²) >= 11 is 0. The second-order valence-electron chi connectivity index (χ2n) is 3.91. The molecule has 0 aromatic carbocycles. The Morgan fingerprint density at radius 3 is 2.57 bits per heavy atom. The third-order valence-corrected chi connectivity index (χ3v) is 3.01. The molecular formula is C9H14N4O. The smallest absolute Gasteiger partial charge is 0.138 e. The van der Waals surface area contributed by atoms with Crippen molar-refractivity contribution in [3.8, 4) is 0 Å². The van der Waals surface area contributed by atoms with Gasteiger partial charge in [0.2, 0.25) is 0 Å². The minimum atomic E-state index is 0.266. The monoisotopic (exact) mass is 194 g/mol. The molecule has 2 rings (SSSR count). The van der Waals surface area contributed by atoms with E-state index in [1.165, 1.54) is 0 Å². The second kappa shape index (κ2) is 3.86. The fraction of sp³-hybridized carbons (Fsp3) is 0.778. The molecule has 0 saturated heterocycles. The molecule has 0 N–H and O–H groups in total. The van der Waals surface area contributed by atoms with Crippen LogP contribution in [0.5, 0.6) is 0 Å². The predicted molar refractivity (Wildman–Crippen MR) is 49.5 cm³/mol. The number of Topliss-reactive ketones (excluding diaryl/α,β-unsaturated/α-hetero) is 1. The van der Waals surface area contributed by atoms with Gasteiger partial charge in [-0.2, -0.15) is 0 Å². The maximum atomic E-state index is 11.1. The molecule has 0 spiro atoms. The molecule has 0 radical (unpaired) electrons. The number of ketones is 1. The first-order valence-electron chi connectivity index (χ1n) is 5.00. The average Bonchev–Trinajstić information content (AvgIpc) is 2.71. The lowest BCUT2D eigenvalue weighted by Gasteiger charge is -2.26. The van der Waals surface area contributed by atoms with Gasteiger partial charge in [-0.1, -0.05) is 0 Å². The molecule has 0 aliphatic heterocycles. The number of nitrogens with zero attached hydrogens (tertiary/aromatic N) is 4. The standard InChI is InChI=1S/C9H14N4O/c1-7(14)8-2-4-9(5-3-8)13-6-10-11-12-13/h6,8-9H,2-5H2,1H3/t8-,9-. The topological polar surface area (TPSA) is 60.7 Å². The number of hydrogen-bond acceptors (Lipinski definition) is 4. The molecule has 1 aromatic rings. The van der Waals surface area contributed by atoms with Gasteiger partial charge in [-0.25, -0.2) is 4.68 Å². The molecule has 1 heterocycles. The van der Waals surface area contributed by atoms with E-state index in [9.17, 15) is 4.79 Å². The molecule has 5 nitrogen and oxygen atoms in total. The minimum Gasteiger partial charge on any atom is -0.300 e. The predicted octanol–water partition coefficient (Wildman–Crippen LogP) is 0.993. The van der Waals surface area contributed by atoms with Gasteiger partial charge in [-0.15, -0.1) is 5.10 Å². The summed E-state index contributed by atoms with van der Waals surface area (Å²) in [6, 6.07) is 0.389. The average molecular weight is 194 g/mol. The van der Waals surface area contributed by atoms with Crippen molar-refractivity contribution in [2.75, 3.05) is 0 Å².